The molecule has 0 fully saturated rings. The molecule has 12 nitrogen and oxygen atoms in total. The van der Waals surface area contributed by atoms with Gasteiger partial charge in [-0.1, -0.05) is 35.9 Å². The molecule has 0 saturated heterocycles. The van der Waals surface area contributed by atoms with Crippen LogP contribution in [-0.2, 0) is 34.8 Å². The SMILES string of the molecule is CC(=O)N(C(=O)C(Cc1ccccc1)NC(=O)c1ccc(C)cc1)c1ccc([As](=O)(O)OO)cc1.NC(Cc1ccccc1)C(=O)O. The van der Waals surface area contributed by atoms with Gasteiger partial charge in [-0.25, -0.2) is 0 Å². The number of carbonyl (C=O) groups excluding carboxylic acids is 3. The van der Waals surface area contributed by atoms with Crippen molar-refractivity contribution in [2.75, 3.05) is 4.90 Å². The monoisotopic (exact) mass is 705 g/mol. The number of hydrogen-bond donors (Lipinski definition) is 5. The van der Waals surface area contributed by atoms with E-state index in [1.54, 1.807) is 48.5 Å². The molecule has 0 aliphatic heterocycles. The second kappa shape index (κ2) is 17.2. The second-order valence-corrected chi connectivity index (χ2v) is 14.1. The maximum absolute atomic E-state index is 13.6. The molecular weight excluding hydrogens is 669 g/mol. The summed E-state index contributed by atoms with van der Waals surface area (Å²) < 4.78 is 25.1. The van der Waals surface area contributed by atoms with Crippen LogP contribution in [-0.4, -0.2) is 64.4 Å². The van der Waals surface area contributed by atoms with Crippen molar-refractivity contribution < 1.29 is 41.3 Å². The number of amides is 3. The molecule has 3 amide bonds. The summed E-state index contributed by atoms with van der Waals surface area (Å²) in [6.07, 6.45) is 0.516. The number of carboxylic acid groups (broad SMARTS) is 1. The fourth-order valence-electron chi connectivity index (χ4n) is 4.41. The molecule has 6 N–H and O–H groups in total. The molecule has 3 unspecified atom stereocenters. The Morgan fingerprint density at radius 3 is 1.81 bits per heavy atom. The summed E-state index contributed by atoms with van der Waals surface area (Å²) in [6, 6.07) is 28.3. The Hall–Kier alpha value is -4.84. The summed E-state index contributed by atoms with van der Waals surface area (Å²) in [4.78, 5) is 50.3. The minimum atomic E-state index is -5.11. The molecule has 0 bridgehead atoms. The number of carbonyl (C=O) groups is 4. The Balaban J connectivity index is 0.000000420. The van der Waals surface area contributed by atoms with Gasteiger partial charge in [-0.05, 0) is 18.9 Å². The molecule has 47 heavy (non-hydrogen) atoms. The molecule has 4 aromatic carbocycles. The van der Waals surface area contributed by atoms with Gasteiger partial charge >= 0.3 is 199 Å². The number of imide groups is 1. The van der Waals surface area contributed by atoms with Gasteiger partial charge in [-0.15, -0.1) is 0 Å². The maximum atomic E-state index is 13.6. The van der Waals surface area contributed by atoms with Crippen molar-refractivity contribution in [1.82, 2.24) is 5.32 Å². The van der Waals surface area contributed by atoms with Gasteiger partial charge in [0.05, 0.1) is 0 Å². The quantitative estimate of drug-likeness (QED) is 0.0879. The van der Waals surface area contributed by atoms with E-state index in [0.29, 0.717) is 12.0 Å². The zero-order chi connectivity index (χ0) is 34.6. The van der Waals surface area contributed by atoms with Crippen LogP contribution in [0.3, 0.4) is 0 Å². The number of nitrogens with one attached hydrogen (secondary N) is 1. The van der Waals surface area contributed by atoms with E-state index >= 15 is 0 Å². The molecule has 0 aromatic heterocycles. The van der Waals surface area contributed by atoms with E-state index in [1.807, 2.05) is 43.3 Å². The van der Waals surface area contributed by atoms with Crippen molar-refractivity contribution in [2.24, 2.45) is 5.73 Å². The van der Waals surface area contributed by atoms with Crippen LogP contribution in [0, 0.1) is 6.92 Å². The van der Waals surface area contributed by atoms with Crippen LogP contribution in [0.5, 0.6) is 0 Å². The van der Waals surface area contributed by atoms with Gasteiger partial charge in [0.25, 0.3) is 0 Å². The number of hydrogen-bond acceptors (Lipinski definition) is 8. The van der Waals surface area contributed by atoms with Crippen LogP contribution in [0.2, 0.25) is 0 Å². The summed E-state index contributed by atoms with van der Waals surface area (Å²) in [5.74, 6) is -2.72. The van der Waals surface area contributed by atoms with Gasteiger partial charge < -0.3 is 10.8 Å². The molecular formula is C34H36AsN3O9. The molecule has 0 spiro atoms. The first-order chi connectivity index (χ1) is 22.3. The zero-order valence-corrected chi connectivity index (χ0v) is 27.6. The predicted molar refractivity (Wildman–Crippen MR) is 175 cm³/mol. The van der Waals surface area contributed by atoms with Crippen molar-refractivity contribution in [3.8, 4) is 0 Å². The smallest absolute Gasteiger partial charge is 0.320 e. The number of nitrogens with two attached hydrogens (primary N) is 1. The van der Waals surface area contributed by atoms with Crippen LogP contribution < -0.4 is 20.3 Å². The fraction of sp³-hybridized carbons (Fsp3) is 0.176. The Bertz CT molecular complexity index is 1700. The standard InChI is InChI=1S/C25H25AsN2O7.C9H11NO2/c1-17-8-10-20(11-9-17)24(30)27-23(16-19-6-4-3-5-7-19)25(31)28(18(2)29)22-14-12-21(13-15-22)26(32,33)35-34;10-8(9(11)12)6-7-4-2-1-3-5-7/h3-15,23,34H,16H2,1-2H3,(H,27,30)(H,32,33);1-5,8H,6,10H2,(H,11,12). The van der Waals surface area contributed by atoms with Gasteiger partial charge in [-0.2, -0.15) is 0 Å². The normalized spacial score (nSPS) is 13.1. The van der Waals surface area contributed by atoms with Crippen LogP contribution in [0.25, 0.3) is 0 Å². The zero-order valence-electron chi connectivity index (χ0n) is 25.7. The second-order valence-electron chi connectivity index (χ2n) is 10.5. The molecule has 3 atom stereocenters. The fourth-order valence-corrected chi connectivity index (χ4v) is 5.71. The van der Waals surface area contributed by atoms with Crippen LogP contribution in [0.1, 0.15) is 34.0 Å². The number of rotatable bonds is 11. The Labute approximate surface area is 274 Å². The topological polar surface area (TPSA) is 197 Å². The van der Waals surface area contributed by atoms with Crippen LogP contribution in [0.4, 0.5) is 5.69 Å². The maximum Gasteiger partial charge on any atom is 0.320 e. The molecule has 246 valence electrons. The van der Waals surface area contributed by atoms with E-state index in [9.17, 15) is 27.0 Å². The van der Waals surface area contributed by atoms with Gasteiger partial charge in [0.15, 0.2) is 0 Å². The summed E-state index contributed by atoms with van der Waals surface area (Å²) in [7, 11) is 0. The predicted octanol–water partition coefficient (Wildman–Crippen LogP) is 2.62. The summed E-state index contributed by atoms with van der Waals surface area (Å²) in [6.45, 7) is 3.09. The Kier molecular flexibility index (Phi) is 13.4. The number of aryl methyl sites for hydroxylation is 1. The molecule has 0 radical (unpaired) electrons. The molecule has 13 heteroatoms. The summed E-state index contributed by atoms with van der Waals surface area (Å²) >= 11 is -5.11. The average Bonchev–Trinajstić information content (AvgIpc) is 3.06. The largest absolute Gasteiger partial charge is 0.480 e. The first kappa shape index (κ1) is 36.6. The molecule has 0 saturated carbocycles. The number of carboxylic acids is 1. The average molecular weight is 706 g/mol. The minimum Gasteiger partial charge on any atom is -0.480 e. The number of anilines is 1. The first-order valence-electron chi connectivity index (χ1n) is 14.4. The molecule has 4 aromatic rings. The molecule has 0 aliphatic rings. The van der Waals surface area contributed by atoms with Crippen molar-refractivity contribution >= 4 is 47.9 Å². The van der Waals surface area contributed by atoms with Crippen molar-refractivity contribution in [1.29, 1.82) is 0 Å². The number of aliphatic carboxylic acids is 1. The van der Waals surface area contributed by atoms with E-state index in [-0.39, 0.29) is 16.5 Å². The van der Waals surface area contributed by atoms with E-state index in [2.05, 4.69) is 9.19 Å². The summed E-state index contributed by atoms with van der Waals surface area (Å²) in [5, 5.41) is 19.9. The van der Waals surface area contributed by atoms with E-state index < -0.39 is 49.9 Å². The third-order valence-electron chi connectivity index (χ3n) is 6.90. The third kappa shape index (κ3) is 10.9. The third-order valence-corrected chi connectivity index (χ3v) is 9.35. The molecule has 0 aliphatic carbocycles. The Morgan fingerprint density at radius 2 is 1.34 bits per heavy atom. The van der Waals surface area contributed by atoms with Crippen molar-refractivity contribution in [3.05, 3.63) is 131 Å². The van der Waals surface area contributed by atoms with Gasteiger partial charge in [0, 0.05) is 0 Å². The van der Waals surface area contributed by atoms with Crippen molar-refractivity contribution in [2.45, 2.75) is 38.8 Å². The molecule has 4 rings (SSSR count). The number of benzene rings is 4. The minimum absolute atomic E-state index is 0.127. The first-order valence-corrected chi connectivity index (χ1v) is 17.7. The van der Waals surface area contributed by atoms with Gasteiger partial charge in [-0.3, -0.25) is 4.79 Å². The Morgan fingerprint density at radius 1 is 0.830 bits per heavy atom. The van der Waals surface area contributed by atoms with Gasteiger partial charge in [0.2, 0.25) is 0 Å². The molecule has 0 heterocycles. The van der Waals surface area contributed by atoms with E-state index in [4.69, 9.17) is 16.1 Å². The van der Waals surface area contributed by atoms with E-state index in [1.165, 1.54) is 31.2 Å². The van der Waals surface area contributed by atoms with Crippen molar-refractivity contribution in [3.63, 3.8) is 0 Å². The summed E-state index contributed by atoms with van der Waals surface area (Å²) in [5.41, 5.74) is 8.55. The van der Waals surface area contributed by atoms with E-state index in [0.717, 1.165) is 21.6 Å². The van der Waals surface area contributed by atoms with Gasteiger partial charge in [0.1, 0.15) is 6.04 Å². The van der Waals surface area contributed by atoms with Crippen LogP contribution >= 0.6 is 0 Å². The van der Waals surface area contributed by atoms with Crippen LogP contribution in [0.15, 0.2) is 109 Å². The number of nitrogens with zero attached hydrogens (tertiary/aromatic N) is 1.